The highest BCUT2D eigenvalue weighted by Gasteiger charge is 2.19. The molecule has 5 rings (SSSR count). The molecular formula is C22H27Cl3N4OS. The zero-order valence-corrected chi connectivity index (χ0v) is 20.3. The first-order valence-electron chi connectivity index (χ1n) is 9.83. The first kappa shape index (κ1) is 25.7. The van der Waals surface area contributed by atoms with Gasteiger partial charge >= 0.3 is 0 Å². The van der Waals surface area contributed by atoms with Crippen LogP contribution >= 0.6 is 48.6 Å². The molecule has 0 spiro atoms. The number of ether oxygens (including phenoxy) is 1. The maximum absolute atomic E-state index is 5.49. The number of anilines is 1. The summed E-state index contributed by atoms with van der Waals surface area (Å²) in [6.07, 6.45) is 0. The number of morpholine rings is 1. The number of fused-ring (bicyclic) bond motifs is 3. The molecule has 0 unspecified atom stereocenters. The minimum absolute atomic E-state index is 0. The molecule has 4 aromatic rings. The van der Waals surface area contributed by atoms with E-state index in [2.05, 4.69) is 69.5 Å². The van der Waals surface area contributed by atoms with Crippen LogP contribution in [0.2, 0.25) is 0 Å². The lowest BCUT2D eigenvalue weighted by atomic mass is 10.2. The fraction of sp³-hybridized carbons (Fsp3) is 0.318. The Morgan fingerprint density at radius 1 is 0.968 bits per heavy atom. The molecule has 1 fully saturated rings. The fourth-order valence-corrected chi connectivity index (χ4v) is 5.01. The highest BCUT2D eigenvalue weighted by molar-refractivity contribution is 7.26. The minimum Gasteiger partial charge on any atom is -0.379 e. The van der Waals surface area contributed by atoms with Crippen LogP contribution in [-0.4, -0.2) is 54.5 Å². The van der Waals surface area contributed by atoms with Crippen molar-refractivity contribution in [3.63, 3.8) is 0 Å². The number of thiophene rings is 1. The summed E-state index contributed by atoms with van der Waals surface area (Å²) >= 11 is 1.83. The van der Waals surface area contributed by atoms with E-state index in [1.165, 1.54) is 20.3 Å². The Morgan fingerprint density at radius 2 is 1.68 bits per heavy atom. The van der Waals surface area contributed by atoms with Gasteiger partial charge in [0.15, 0.2) is 5.82 Å². The summed E-state index contributed by atoms with van der Waals surface area (Å²) in [5.74, 6) is 1.06. The van der Waals surface area contributed by atoms with Crippen molar-refractivity contribution in [1.82, 2.24) is 15.1 Å². The van der Waals surface area contributed by atoms with Gasteiger partial charge in [-0.1, -0.05) is 48.5 Å². The van der Waals surface area contributed by atoms with Crippen molar-refractivity contribution in [2.75, 3.05) is 44.3 Å². The lowest BCUT2D eigenvalue weighted by molar-refractivity contribution is 0.0391. The SMILES string of the molecule is Cl.Cl.Cl.c1ccc(CN(CCN2CCOCC2)c2n[nH]c3c2sc2ccccc23)cc1. The Morgan fingerprint density at radius 3 is 2.45 bits per heavy atom. The molecule has 0 bridgehead atoms. The first-order chi connectivity index (χ1) is 13.9. The highest BCUT2D eigenvalue weighted by atomic mass is 35.5. The van der Waals surface area contributed by atoms with Gasteiger partial charge in [0.1, 0.15) is 0 Å². The van der Waals surface area contributed by atoms with Gasteiger partial charge in [-0.3, -0.25) is 10.00 Å². The monoisotopic (exact) mass is 500 g/mol. The average Bonchev–Trinajstić information content (AvgIpc) is 3.32. The Bertz CT molecular complexity index is 1070. The number of halogens is 3. The Labute approximate surface area is 205 Å². The van der Waals surface area contributed by atoms with Crippen LogP contribution in [0.1, 0.15) is 5.56 Å². The minimum atomic E-state index is 0. The van der Waals surface area contributed by atoms with Crippen LogP contribution < -0.4 is 4.90 Å². The van der Waals surface area contributed by atoms with Gasteiger partial charge in [-0.25, -0.2) is 0 Å². The second-order valence-corrected chi connectivity index (χ2v) is 8.26. The van der Waals surface area contributed by atoms with Gasteiger partial charge in [0, 0.05) is 42.8 Å². The summed E-state index contributed by atoms with van der Waals surface area (Å²) in [7, 11) is 0. The lowest BCUT2D eigenvalue weighted by Gasteiger charge is -2.30. The number of hydrogen-bond donors (Lipinski definition) is 1. The summed E-state index contributed by atoms with van der Waals surface area (Å²) in [6.45, 7) is 6.53. The normalized spacial score (nSPS) is 13.9. The molecule has 1 saturated heterocycles. The van der Waals surface area contributed by atoms with E-state index >= 15 is 0 Å². The van der Waals surface area contributed by atoms with E-state index in [1.807, 2.05) is 11.3 Å². The Balaban J connectivity index is 0.00000114. The van der Waals surface area contributed by atoms with E-state index < -0.39 is 0 Å². The van der Waals surface area contributed by atoms with Crippen molar-refractivity contribution in [3.05, 3.63) is 60.2 Å². The third kappa shape index (κ3) is 5.64. The second kappa shape index (κ2) is 11.9. The van der Waals surface area contributed by atoms with Crippen molar-refractivity contribution < 1.29 is 4.74 Å². The van der Waals surface area contributed by atoms with E-state index in [1.54, 1.807) is 0 Å². The summed E-state index contributed by atoms with van der Waals surface area (Å²) in [5, 5.41) is 9.29. The van der Waals surface area contributed by atoms with E-state index in [0.29, 0.717) is 0 Å². The molecule has 0 radical (unpaired) electrons. The average molecular weight is 502 g/mol. The fourth-order valence-electron chi connectivity index (χ4n) is 3.84. The smallest absolute Gasteiger partial charge is 0.168 e. The van der Waals surface area contributed by atoms with Crippen LogP contribution in [-0.2, 0) is 11.3 Å². The zero-order chi connectivity index (χ0) is 18.8. The van der Waals surface area contributed by atoms with Crippen molar-refractivity contribution in [3.8, 4) is 0 Å². The van der Waals surface area contributed by atoms with Crippen molar-refractivity contribution in [1.29, 1.82) is 0 Å². The van der Waals surface area contributed by atoms with Crippen molar-refractivity contribution in [2.24, 2.45) is 0 Å². The quantitative estimate of drug-likeness (QED) is 0.385. The van der Waals surface area contributed by atoms with Gasteiger partial charge in [-0.2, -0.15) is 5.10 Å². The molecular weight excluding hydrogens is 475 g/mol. The third-order valence-corrected chi connectivity index (χ3v) is 6.54. The summed E-state index contributed by atoms with van der Waals surface area (Å²) in [5.41, 5.74) is 2.46. The highest BCUT2D eigenvalue weighted by Crippen LogP contribution is 2.38. The van der Waals surface area contributed by atoms with Gasteiger partial charge < -0.3 is 9.64 Å². The van der Waals surface area contributed by atoms with E-state index in [9.17, 15) is 0 Å². The molecule has 2 aromatic carbocycles. The van der Waals surface area contributed by atoms with Gasteiger partial charge in [0.05, 0.1) is 23.4 Å². The molecule has 0 atom stereocenters. The molecule has 5 nitrogen and oxygen atoms in total. The lowest BCUT2D eigenvalue weighted by Crippen LogP contribution is -2.41. The Kier molecular flexibility index (Phi) is 9.88. The van der Waals surface area contributed by atoms with Gasteiger partial charge in [0.2, 0.25) is 0 Å². The summed E-state index contributed by atoms with van der Waals surface area (Å²) in [6, 6.07) is 19.2. The summed E-state index contributed by atoms with van der Waals surface area (Å²) < 4.78 is 8.05. The van der Waals surface area contributed by atoms with E-state index in [4.69, 9.17) is 9.84 Å². The molecule has 1 aliphatic heterocycles. The molecule has 0 saturated carbocycles. The van der Waals surface area contributed by atoms with Crippen LogP contribution in [0.15, 0.2) is 54.6 Å². The molecule has 2 aromatic heterocycles. The van der Waals surface area contributed by atoms with E-state index in [0.717, 1.165) is 57.3 Å². The molecule has 9 heteroatoms. The maximum Gasteiger partial charge on any atom is 0.168 e. The standard InChI is InChI=1S/C22H24N4OS.3ClH/c1-2-6-17(7-3-1)16-26(11-10-25-12-14-27-15-13-25)22-21-20(23-24-22)18-8-4-5-9-19(18)28-21;;;/h1-9H,10-16H2,(H,23,24);3*1H. The largest absolute Gasteiger partial charge is 0.379 e. The van der Waals surface area contributed by atoms with Gasteiger partial charge in [0.25, 0.3) is 0 Å². The molecule has 0 aliphatic carbocycles. The third-order valence-electron chi connectivity index (χ3n) is 5.38. The maximum atomic E-state index is 5.49. The molecule has 168 valence electrons. The van der Waals surface area contributed by atoms with Crippen LogP contribution in [0.4, 0.5) is 5.82 Å². The van der Waals surface area contributed by atoms with Gasteiger partial charge in [-0.05, 0) is 11.6 Å². The second-order valence-electron chi connectivity index (χ2n) is 7.21. The zero-order valence-electron chi connectivity index (χ0n) is 17.0. The number of aromatic amines is 1. The van der Waals surface area contributed by atoms with Gasteiger partial charge in [-0.15, -0.1) is 48.6 Å². The Hall–Kier alpha value is -1.54. The van der Waals surface area contributed by atoms with Crippen LogP contribution in [0.5, 0.6) is 0 Å². The van der Waals surface area contributed by atoms with Crippen molar-refractivity contribution >= 4 is 74.7 Å². The van der Waals surface area contributed by atoms with Crippen LogP contribution in [0, 0.1) is 0 Å². The number of H-pyrrole nitrogens is 1. The first-order valence-corrected chi connectivity index (χ1v) is 10.6. The number of nitrogens with zero attached hydrogens (tertiary/aromatic N) is 3. The molecule has 1 aliphatic rings. The number of benzene rings is 2. The van der Waals surface area contributed by atoms with Crippen LogP contribution in [0.25, 0.3) is 20.3 Å². The summed E-state index contributed by atoms with van der Waals surface area (Å²) in [4.78, 5) is 4.90. The van der Waals surface area contributed by atoms with Crippen molar-refractivity contribution in [2.45, 2.75) is 6.54 Å². The number of nitrogens with one attached hydrogen (secondary N) is 1. The predicted octanol–water partition coefficient (Wildman–Crippen LogP) is 5.38. The van der Waals surface area contributed by atoms with Crippen LogP contribution in [0.3, 0.4) is 0 Å². The number of aromatic nitrogens is 2. The molecule has 1 N–H and O–H groups in total. The molecule has 3 heterocycles. The topological polar surface area (TPSA) is 44.4 Å². The predicted molar refractivity (Wildman–Crippen MR) is 138 cm³/mol. The molecule has 0 amide bonds. The number of rotatable bonds is 6. The molecule has 31 heavy (non-hydrogen) atoms. The number of hydrogen-bond acceptors (Lipinski definition) is 5. The van der Waals surface area contributed by atoms with E-state index in [-0.39, 0.29) is 37.2 Å².